The van der Waals surface area contributed by atoms with E-state index in [2.05, 4.69) is 41.0 Å². The monoisotopic (exact) mass is 402 g/mol. The average Bonchev–Trinajstić information content (AvgIpc) is 3.10. The average molecular weight is 403 g/mol. The molecule has 1 fully saturated rings. The molecule has 1 atom stereocenters. The highest BCUT2D eigenvalue weighted by molar-refractivity contribution is 7.19. The fraction of sp³-hybridized carbons (Fsp3) is 0.727. The molecule has 2 aromatic rings. The van der Waals surface area contributed by atoms with Crippen molar-refractivity contribution in [2.24, 2.45) is 11.3 Å². The molecule has 3 heterocycles. The van der Waals surface area contributed by atoms with Gasteiger partial charge in [0.15, 0.2) is 0 Å². The van der Waals surface area contributed by atoms with E-state index in [1.165, 1.54) is 41.5 Å². The topological polar surface area (TPSA) is 50.3 Å². The van der Waals surface area contributed by atoms with Crippen LogP contribution in [-0.4, -0.2) is 54.3 Å². The quantitative estimate of drug-likeness (QED) is 0.697. The highest BCUT2D eigenvalue weighted by Gasteiger charge is 2.33. The Morgan fingerprint density at radius 1 is 1.29 bits per heavy atom. The van der Waals surface area contributed by atoms with Crippen molar-refractivity contribution < 1.29 is 4.74 Å². The summed E-state index contributed by atoms with van der Waals surface area (Å²) in [5.41, 5.74) is 1.92. The van der Waals surface area contributed by atoms with E-state index < -0.39 is 0 Å². The highest BCUT2D eigenvalue weighted by atomic mass is 32.1. The van der Waals surface area contributed by atoms with Gasteiger partial charge in [-0.15, -0.1) is 11.3 Å². The summed E-state index contributed by atoms with van der Waals surface area (Å²) in [6.45, 7) is 13.1. The zero-order valence-electron chi connectivity index (χ0n) is 17.6. The maximum Gasteiger partial charge on any atom is 0.138 e. The number of fused-ring (bicyclic) bond motifs is 3. The molecule has 1 aliphatic heterocycles. The number of nitrogens with zero attached hydrogens (tertiary/aromatic N) is 3. The van der Waals surface area contributed by atoms with Gasteiger partial charge in [-0.3, -0.25) is 4.90 Å². The molecule has 4 rings (SSSR count). The molecule has 0 bridgehead atoms. The summed E-state index contributed by atoms with van der Waals surface area (Å²) in [6, 6.07) is 0. The molecule has 0 radical (unpaired) electrons. The van der Waals surface area contributed by atoms with Crippen molar-refractivity contribution in [2.75, 3.05) is 44.7 Å². The maximum atomic E-state index is 5.43. The Hall–Kier alpha value is -1.24. The Bertz CT molecular complexity index is 797. The van der Waals surface area contributed by atoms with Gasteiger partial charge in [-0.05, 0) is 49.1 Å². The van der Waals surface area contributed by atoms with Gasteiger partial charge in [0.2, 0.25) is 0 Å². The maximum absolute atomic E-state index is 5.43. The Labute approximate surface area is 172 Å². The third-order valence-corrected chi connectivity index (χ3v) is 8.10. The predicted molar refractivity (Wildman–Crippen MR) is 117 cm³/mol. The fourth-order valence-corrected chi connectivity index (χ4v) is 5.72. The van der Waals surface area contributed by atoms with E-state index in [9.17, 15) is 0 Å². The lowest BCUT2D eigenvalue weighted by Gasteiger charge is -2.36. The first kappa shape index (κ1) is 20.0. The number of anilines is 1. The second-order valence-electron chi connectivity index (χ2n) is 8.92. The van der Waals surface area contributed by atoms with Crippen LogP contribution in [0.3, 0.4) is 0 Å². The lowest BCUT2D eigenvalue weighted by atomic mass is 9.69. The van der Waals surface area contributed by atoms with Crippen LogP contribution in [0.1, 0.15) is 50.5 Å². The Morgan fingerprint density at radius 2 is 2.11 bits per heavy atom. The number of aryl methyl sites for hydroxylation is 1. The number of hydrogen-bond donors (Lipinski definition) is 1. The number of rotatable bonds is 7. The molecule has 0 spiro atoms. The zero-order valence-corrected chi connectivity index (χ0v) is 18.4. The number of ether oxygens (including phenoxy) is 1. The molecule has 6 heteroatoms. The lowest BCUT2D eigenvalue weighted by Crippen LogP contribution is -2.37. The molecule has 5 nitrogen and oxygen atoms in total. The first-order valence-corrected chi connectivity index (χ1v) is 11.7. The van der Waals surface area contributed by atoms with Crippen LogP contribution in [0.4, 0.5) is 5.82 Å². The van der Waals surface area contributed by atoms with Gasteiger partial charge in [0, 0.05) is 24.5 Å². The molecule has 1 N–H and O–H groups in total. The van der Waals surface area contributed by atoms with Crippen LogP contribution < -0.4 is 5.32 Å². The predicted octanol–water partition coefficient (Wildman–Crippen LogP) is 4.37. The van der Waals surface area contributed by atoms with Gasteiger partial charge in [-0.25, -0.2) is 9.97 Å². The molecule has 0 amide bonds. The number of thiophene rings is 1. The number of morpholine rings is 1. The van der Waals surface area contributed by atoms with Gasteiger partial charge in [0.05, 0.1) is 18.6 Å². The molecular weight excluding hydrogens is 368 g/mol. The normalized spacial score (nSPS) is 21.0. The van der Waals surface area contributed by atoms with E-state index in [1.807, 2.05) is 11.3 Å². The molecule has 1 unspecified atom stereocenters. The summed E-state index contributed by atoms with van der Waals surface area (Å²) in [7, 11) is 0. The SMILES string of the molecule is CCC(C)(C)C1CCc2sc3ncnc(NCCCN4CCOCC4)c3c2C1. The van der Waals surface area contributed by atoms with Crippen molar-refractivity contribution in [2.45, 2.75) is 52.9 Å². The summed E-state index contributed by atoms with van der Waals surface area (Å²) in [5.74, 6) is 1.79. The highest BCUT2D eigenvalue weighted by Crippen LogP contribution is 2.45. The third kappa shape index (κ3) is 4.19. The van der Waals surface area contributed by atoms with E-state index in [1.54, 1.807) is 6.33 Å². The van der Waals surface area contributed by atoms with E-state index in [0.717, 1.165) is 62.4 Å². The first-order chi connectivity index (χ1) is 13.6. The standard InChI is InChI=1S/C22H34N4OS/c1-4-22(2,3)16-6-7-18-17(14-16)19-20(24-15-25-21(19)28-18)23-8-5-9-26-10-12-27-13-11-26/h15-16H,4-14H2,1-3H3,(H,23,24,25). The molecule has 1 saturated heterocycles. The molecule has 2 aliphatic rings. The van der Waals surface area contributed by atoms with Crippen molar-refractivity contribution in [3.8, 4) is 0 Å². The number of aromatic nitrogens is 2. The van der Waals surface area contributed by atoms with Crippen LogP contribution >= 0.6 is 11.3 Å². The van der Waals surface area contributed by atoms with Gasteiger partial charge < -0.3 is 10.1 Å². The van der Waals surface area contributed by atoms with Crippen LogP contribution in [0, 0.1) is 11.3 Å². The van der Waals surface area contributed by atoms with Gasteiger partial charge in [-0.2, -0.15) is 0 Å². The van der Waals surface area contributed by atoms with E-state index >= 15 is 0 Å². The summed E-state index contributed by atoms with van der Waals surface area (Å²) in [5, 5.41) is 4.93. The molecule has 154 valence electrons. The minimum absolute atomic E-state index is 0.396. The molecule has 0 saturated carbocycles. The minimum Gasteiger partial charge on any atom is -0.379 e. The van der Waals surface area contributed by atoms with Crippen LogP contribution in [-0.2, 0) is 17.6 Å². The van der Waals surface area contributed by atoms with Crippen molar-refractivity contribution in [3.05, 3.63) is 16.8 Å². The smallest absolute Gasteiger partial charge is 0.138 e. The summed E-state index contributed by atoms with van der Waals surface area (Å²) in [6.07, 6.45) is 7.76. The lowest BCUT2D eigenvalue weighted by molar-refractivity contribution is 0.0378. The number of hydrogen-bond acceptors (Lipinski definition) is 6. The Morgan fingerprint density at radius 3 is 2.89 bits per heavy atom. The van der Waals surface area contributed by atoms with Crippen molar-refractivity contribution in [3.63, 3.8) is 0 Å². The number of nitrogens with one attached hydrogen (secondary N) is 1. The third-order valence-electron chi connectivity index (χ3n) is 6.90. The van der Waals surface area contributed by atoms with Crippen LogP contribution in [0.2, 0.25) is 0 Å². The van der Waals surface area contributed by atoms with Gasteiger partial charge in [-0.1, -0.05) is 27.2 Å². The molecule has 28 heavy (non-hydrogen) atoms. The van der Waals surface area contributed by atoms with Crippen LogP contribution in [0.5, 0.6) is 0 Å². The Kier molecular flexibility index (Phi) is 6.18. The minimum atomic E-state index is 0.396. The van der Waals surface area contributed by atoms with Crippen molar-refractivity contribution in [1.82, 2.24) is 14.9 Å². The van der Waals surface area contributed by atoms with Crippen LogP contribution in [0.15, 0.2) is 6.33 Å². The zero-order chi connectivity index (χ0) is 19.6. The molecular formula is C22H34N4OS. The van der Waals surface area contributed by atoms with Gasteiger partial charge in [0.25, 0.3) is 0 Å². The van der Waals surface area contributed by atoms with E-state index in [0.29, 0.717) is 5.41 Å². The van der Waals surface area contributed by atoms with Gasteiger partial charge in [0.1, 0.15) is 17.0 Å². The first-order valence-electron chi connectivity index (χ1n) is 10.9. The molecule has 1 aliphatic carbocycles. The largest absolute Gasteiger partial charge is 0.379 e. The van der Waals surface area contributed by atoms with Crippen LogP contribution in [0.25, 0.3) is 10.2 Å². The second kappa shape index (κ2) is 8.64. The molecule has 2 aromatic heterocycles. The summed E-state index contributed by atoms with van der Waals surface area (Å²) < 4.78 is 5.43. The van der Waals surface area contributed by atoms with E-state index in [-0.39, 0.29) is 0 Å². The van der Waals surface area contributed by atoms with Gasteiger partial charge >= 0.3 is 0 Å². The summed E-state index contributed by atoms with van der Waals surface area (Å²) >= 11 is 1.88. The Balaban J connectivity index is 1.46. The van der Waals surface area contributed by atoms with Crippen molar-refractivity contribution >= 4 is 27.4 Å². The van der Waals surface area contributed by atoms with Crippen molar-refractivity contribution in [1.29, 1.82) is 0 Å². The van der Waals surface area contributed by atoms with E-state index in [4.69, 9.17) is 4.74 Å². The molecule has 0 aromatic carbocycles. The summed E-state index contributed by atoms with van der Waals surface area (Å²) in [4.78, 5) is 14.4. The second-order valence-corrected chi connectivity index (χ2v) is 10.0. The fourth-order valence-electron chi connectivity index (χ4n) is 4.53.